The van der Waals surface area contributed by atoms with Gasteiger partial charge in [-0.05, 0) is 24.5 Å². The number of carbonyl (C=O) groups excluding carboxylic acids is 2. The van der Waals surface area contributed by atoms with Crippen LogP contribution in [0.4, 0.5) is 0 Å². The van der Waals surface area contributed by atoms with Gasteiger partial charge in [-0.15, -0.1) is 0 Å². The highest BCUT2D eigenvalue weighted by Crippen LogP contribution is 2.27. The van der Waals surface area contributed by atoms with Gasteiger partial charge in [0, 0.05) is 33.6 Å². The molecule has 0 bridgehead atoms. The molecule has 1 aromatic heterocycles. The number of fused-ring (bicyclic) bond motifs is 1. The molecule has 1 aromatic carbocycles. The smallest absolute Gasteiger partial charge is 0.248 e. The summed E-state index contributed by atoms with van der Waals surface area (Å²) in [4.78, 5) is 27.1. The molecule has 0 atom stereocenters. The van der Waals surface area contributed by atoms with Crippen molar-refractivity contribution in [3.63, 3.8) is 0 Å². The molecule has 4 heteroatoms. The Bertz CT molecular complexity index is 696. The number of Topliss-reactive ketones (excluding diaryl/α,β-unsaturated/α-hetero) is 1. The fourth-order valence-corrected chi connectivity index (χ4v) is 2.54. The summed E-state index contributed by atoms with van der Waals surface area (Å²) in [5.41, 5.74) is 8.26. The SMILES string of the molecule is CC(C)Cc1[nH]c2cc(C(N)=O)ccc2c1C(=O)C(C)C. The predicted octanol–water partition coefficient (Wildman–Crippen LogP) is 3.30. The number of H-pyrrole nitrogens is 1. The highest BCUT2D eigenvalue weighted by molar-refractivity contribution is 6.11. The zero-order chi connectivity index (χ0) is 15.7. The van der Waals surface area contributed by atoms with Crippen LogP contribution in [0.15, 0.2) is 18.2 Å². The molecular formula is C17H22N2O2. The first-order valence-electron chi connectivity index (χ1n) is 7.29. The second-order valence-electron chi connectivity index (χ2n) is 6.22. The van der Waals surface area contributed by atoms with Crippen molar-refractivity contribution >= 4 is 22.6 Å². The molecule has 0 aliphatic heterocycles. The maximum atomic E-state index is 12.5. The zero-order valence-electron chi connectivity index (χ0n) is 13.0. The van der Waals surface area contributed by atoms with E-state index >= 15 is 0 Å². The van der Waals surface area contributed by atoms with Crippen molar-refractivity contribution in [3.05, 3.63) is 35.0 Å². The number of aromatic nitrogens is 1. The number of amides is 1. The van der Waals surface area contributed by atoms with Gasteiger partial charge in [0.15, 0.2) is 5.78 Å². The quantitative estimate of drug-likeness (QED) is 0.827. The second kappa shape index (κ2) is 5.72. The van der Waals surface area contributed by atoms with Crippen molar-refractivity contribution < 1.29 is 9.59 Å². The Kier molecular flexibility index (Phi) is 4.16. The predicted molar refractivity (Wildman–Crippen MR) is 84.5 cm³/mol. The zero-order valence-corrected chi connectivity index (χ0v) is 13.0. The van der Waals surface area contributed by atoms with Crippen molar-refractivity contribution in [2.75, 3.05) is 0 Å². The van der Waals surface area contributed by atoms with Gasteiger partial charge < -0.3 is 10.7 Å². The lowest BCUT2D eigenvalue weighted by Gasteiger charge is -2.08. The van der Waals surface area contributed by atoms with Crippen LogP contribution in [0.5, 0.6) is 0 Å². The average molecular weight is 286 g/mol. The van der Waals surface area contributed by atoms with Crippen LogP contribution in [-0.4, -0.2) is 16.7 Å². The Balaban J connectivity index is 2.66. The van der Waals surface area contributed by atoms with E-state index in [1.165, 1.54) is 0 Å². The number of nitrogens with one attached hydrogen (secondary N) is 1. The molecule has 0 aliphatic rings. The minimum Gasteiger partial charge on any atom is -0.366 e. The van der Waals surface area contributed by atoms with Gasteiger partial charge in [0.25, 0.3) is 0 Å². The summed E-state index contributed by atoms with van der Waals surface area (Å²) >= 11 is 0. The fourth-order valence-electron chi connectivity index (χ4n) is 2.54. The van der Waals surface area contributed by atoms with Crippen LogP contribution in [0, 0.1) is 11.8 Å². The van der Waals surface area contributed by atoms with E-state index in [0.717, 1.165) is 28.6 Å². The van der Waals surface area contributed by atoms with E-state index in [9.17, 15) is 9.59 Å². The third-order valence-corrected chi connectivity index (χ3v) is 3.54. The summed E-state index contributed by atoms with van der Waals surface area (Å²) in [5.74, 6) is 0.0375. The van der Waals surface area contributed by atoms with Crippen molar-refractivity contribution in [3.8, 4) is 0 Å². The van der Waals surface area contributed by atoms with Gasteiger partial charge in [0.05, 0.1) is 0 Å². The number of hydrogen-bond donors (Lipinski definition) is 2. The fraction of sp³-hybridized carbons (Fsp3) is 0.412. The van der Waals surface area contributed by atoms with E-state index < -0.39 is 5.91 Å². The van der Waals surface area contributed by atoms with Gasteiger partial charge in [0.1, 0.15) is 0 Å². The Morgan fingerprint density at radius 2 is 1.86 bits per heavy atom. The van der Waals surface area contributed by atoms with Crippen LogP contribution in [0.1, 0.15) is 54.1 Å². The maximum absolute atomic E-state index is 12.5. The van der Waals surface area contributed by atoms with Gasteiger partial charge in [-0.25, -0.2) is 0 Å². The molecule has 0 saturated heterocycles. The Morgan fingerprint density at radius 3 is 2.38 bits per heavy atom. The molecule has 0 unspecified atom stereocenters. The molecule has 1 amide bonds. The number of benzene rings is 1. The molecule has 0 radical (unpaired) electrons. The third kappa shape index (κ3) is 2.99. The van der Waals surface area contributed by atoms with E-state index in [0.29, 0.717) is 11.5 Å². The lowest BCUT2D eigenvalue weighted by Crippen LogP contribution is -2.11. The Morgan fingerprint density at radius 1 is 1.19 bits per heavy atom. The standard InChI is InChI=1S/C17H22N2O2/c1-9(2)7-14-15(16(20)10(3)4)12-6-5-11(17(18)21)8-13(12)19-14/h5-6,8-10,19H,7H2,1-4H3,(H2,18,21). The van der Waals surface area contributed by atoms with Crippen LogP contribution < -0.4 is 5.73 Å². The Hall–Kier alpha value is -2.10. The monoisotopic (exact) mass is 286 g/mol. The molecule has 1 heterocycles. The third-order valence-electron chi connectivity index (χ3n) is 3.54. The van der Waals surface area contributed by atoms with Crippen molar-refractivity contribution in [2.24, 2.45) is 17.6 Å². The molecule has 3 N–H and O–H groups in total. The lowest BCUT2D eigenvalue weighted by molar-refractivity contribution is 0.0939. The van der Waals surface area contributed by atoms with E-state index in [2.05, 4.69) is 18.8 Å². The number of rotatable bonds is 5. The normalized spacial score (nSPS) is 11.5. The molecule has 21 heavy (non-hydrogen) atoms. The highest BCUT2D eigenvalue weighted by atomic mass is 16.1. The molecule has 4 nitrogen and oxygen atoms in total. The first-order chi connectivity index (χ1) is 9.81. The van der Waals surface area contributed by atoms with Crippen LogP contribution in [0.2, 0.25) is 0 Å². The first kappa shape index (κ1) is 15.3. The van der Waals surface area contributed by atoms with Gasteiger partial charge in [-0.2, -0.15) is 0 Å². The van der Waals surface area contributed by atoms with Crippen molar-refractivity contribution in [1.82, 2.24) is 4.98 Å². The van der Waals surface area contributed by atoms with Crippen LogP contribution in [0.3, 0.4) is 0 Å². The minimum absolute atomic E-state index is 0.0641. The van der Waals surface area contributed by atoms with E-state index in [1.54, 1.807) is 12.1 Å². The summed E-state index contributed by atoms with van der Waals surface area (Å²) in [6.45, 7) is 8.03. The molecule has 0 fully saturated rings. The molecule has 0 aliphatic carbocycles. The molecular weight excluding hydrogens is 264 g/mol. The van der Waals surface area contributed by atoms with Crippen LogP contribution in [-0.2, 0) is 6.42 Å². The number of hydrogen-bond acceptors (Lipinski definition) is 2. The average Bonchev–Trinajstić information content (AvgIpc) is 2.73. The van der Waals surface area contributed by atoms with Crippen molar-refractivity contribution in [1.29, 1.82) is 0 Å². The summed E-state index contributed by atoms with van der Waals surface area (Å²) in [6, 6.07) is 5.21. The van der Waals surface area contributed by atoms with E-state index in [4.69, 9.17) is 5.73 Å². The summed E-state index contributed by atoms with van der Waals surface area (Å²) in [6.07, 6.45) is 0.800. The maximum Gasteiger partial charge on any atom is 0.248 e. The van der Waals surface area contributed by atoms with Gasteiger partial charge in [-0.3, -0.25) is 9.59 Å². The molecule has 0 spiro atoms. The molecule has 2 rings (SSSR count). The highest BCUT2D eigenvalue weighted by Gasteiger charge is 2.21. The van der Waals surface area contributed by atoms with Gasteiger partial charge in [-0.1, -0.05) is 33.8 Å². The van der Waals surface area contributed by atoms with Gasteiger partial charge >= 0.3 is 0 Å². The largest absolute Gasteiger partial charge is 0.366 e. The van der Waals surface area contributed by atoms with Crippen LogP contribution in [0.25, 0.3) is 10.9 Å². The van der Waals surface area contributed by atoms with E-state index in [1.807, 2.05) is 19.9 Å². The number of aromatic amines is 1. The lowest BCUT2D eigenvalue weighted by atomic mass is 9.94. The second-order valence-corrected chi connectivity index (χ2v) is 6.22. The number of ketones is 1. The topological polar surface area (TPSA) is 76.0 Å². The minimum atomic E-state index is -0.464. The van der Waals surface area contributed by atoms with E-state index in [-0.39, 0.29) is 11.7 Å². The molecule has 0 saturated carbocycles. The number of nitrogens with two attached hydrogens (primary N) is 1. The first-order valence-corrected chi connectivity index (χ1v) is 7.29. The Labute approximate surface area is 124 Å². The summed E-state index contributed by atoms with van der Waals surface area (Å²) in [7, 11) is 0. The molecule has 2 aromatic rings. The summed E-state index contributed by atoms with van der Waals surface area (Å²) in [5, 5.41) is 0.870. The van der Waals surface area contributed by atoms with Crippen LogP contribution >= 0.6 is 0 Å². The molecule has 112 valence electrons. The summed E-state index contributed by atoms with van der Waals surface area (Å²) < 4.78 is 0. The van der Waals surface area contributed by atoms with Gasteiger partial charge in [0.2, 0.25) is 5.91 Å². The van der Waals surface area contributed by atoms with Crippen molar-refractivity contribution in [2.45, 2.75) is 34.1 Å². The number of carbonyl (C=O) groups is 2. The number of primary amides is 1.